The molecule has 1 aliphatic heterocycles. The third-order valence-corrected chi connectivity index (χ3v) is 5.22. The Labute approximate surface area is 149 Å². The number of likely N-dealkylation sites (tertiary alicyclic amines) is 1. The van der Waals surface area contributed by atoms with Gasteiger partial charge in [0.15, 0.2) is 0 Å². The standard InChI is InChI=1S/C21H25NO3/c1-25-20(24)21(19-5-3-2-4-6-19)11-13-22(14-12-21)15-17-7-9-18(16-23)10-8-17/h2-10,23H,11-16H2,1H3. The van der Waals surface area contributed by atoms with Crippen LogP contribution in [-0.2, 0) is 28.1 Å². The quantitative estimate of drug-likeness (QED) is 0.851. The van der Waals surface area contributed by atoms with Crippen molar-refractivity contribution in [2.75, 3.05) is 20.2 Å². The van der Waals surface area contributed by atoms with Gasteiger partial charge in [-0.25, -0.2) is 0 Å². The fourth-order valence-electron chi connectivity index (χ4n) is 3.66. The normalized spacial score (nSPS) is 17.2. The predicted molar refractivity (Wildman–Crippen MR) is 97.0 cm³/mol. The number of carbonyl (C=O) groups is 1. The number of nitrogens with zero attached hydrogens (tertiary/aromatic N) is 1. The van der Waals surface area contributed by atoms with Gasteiger partial charge in [0.25, 0.3) is 0 Å². The first-order valence-corrected chi connectivity index (χ1v) is 8.73. The predicted octanol–water partition coefficient (Wildman–Crippen LogP) is 2.89. The summed E-state index contributed by atoms with van der Waals surface area (Å²) in [6.45, 7) is 2.64. The molecule has 2 aromatic carbocycles. The van der Waals surface area contributed by atoms with Crippen LogP contribution >= 0.6 is 0 Å². The van der Waals surface area contributed by atoms with Crippen molar-refractivity contribution < 1.29 is 14.6 Å². The highest BCUT2D eigenvalue weighted by Crippen LogP contribution is 2.37. The summed E-state index contributed by atoms with van der Waals surface area (Å²) in [4.78, 5) is 14.9. The number of esters is 1. The molecule has 0 spiro atoms. The molecule has 0 aliphatic carbocycles. The number of methoxy groups -OCH3 is 1. The molecule has 0 radical (unpaired) electrons. The molecule has 0 bridgehead atoms. The van der Waals surface area contributed by atoms with E-state index in [0.29, 0.717) is 0 Å². The molecule has 0 unspecified atom stereocenters. The minimum atomic E-state index is -0.534. The number of hydrogen-bond donors (Lipinski definition) is 1. The van der Waals surface area contributed by atoms with E-state index in [4.69, 9.17) is 9.84 Å². The fraction of sp³-hybridized carbons (Fsp3) is 0.381. The molecule has 0 aromatic heterocycles. The largest absolute Gasteiger partial charge is 0.468 e. The van der Waals surface area contributed by atoms with Crippen molar-refractivity contribution in [1.29, 1.82) is 0 Å². The lowest BCUT2D eigenvalue weighted by molar-refractivity contribution is -0.149. The van der Waals surface area contributed by atoms with Gasteiger partial charge in [0, 0.05) is 6.54 Å². The first kappa shape index (κ1) is 17.6. The number of rotatable bonds is 5. The number of aliphatic hydroxyl groups excluding tert-OH is 1. The minimum Gasteiger partial charge on any atom is -0.468 e. The van der Waals surface area contributed by atoms with E-state index in [1.807, 2.05) is 42.5 Å². The Balaban J connectivity index is 1.70. The van der Waals surface area contributed by atoms with Gasteiger partial charge >= 0.3 is 5.97 Å². The van der Waals surface area contributed by atoms with E-state index >= 15 is 0 Å². The van der Waals surface area contributed by atoms with E-state index in [1.165, 1.54) is 12.7 Å². The monoisotopic (exact) mass is 339 g/mol. The molecule has 4 nitrogen and oxygen atoms in total. The number of benzene rings is 2. The Bertz CT molecular complexity index is 689. The molecule has 0 atom stereocenters. The van der Waals surface area contributed by atoms with Gasteiger partial charge in [0.1, 0.15) is 0 Å². The first-order chi connectivity index (χ1) is 12.2. The Morgan fingerprint density at radius 1 is 1.04 bits per heavy atom. The van der Waals surface area contributed by atoms with Crippen LogP contribution in [0.15, 0.2) is 54.6 Å². The molecule has 2 aromatic rings. The van der Waals surface area contributed by atoms with E-state index in [2.05, 4.69) is 17.0 Å². The maximum atomic E-state index is 12.6. The Kier molecular flexibility index (Phi) is 5.51. The van der Waals surface area contributed by atoms with Crippen molar-refractivity contribution in [2.45, 2.75) is 31.4 Å². The van der Waals surface area contributed by atoms with Crippen LogP contribution in [0.25, 0.3) is 0 Å². The number of hydrogen-bond acceptors (Lipinski definition) is 4. The zero-order valence-corrected chi connectivity index (χ0v) is 14.6. The van der Waals surface area contributed by atoms with Gasteiger partial charge in [0.05, 0.1) is 19.1 Å². The summed E-state index contributed by atoms with van der Waals surface area (Å²) >= 11 is 0. The second kappa shape index (κ2) is 7.81. The third-order valence-electron chi connectivity index (χ3n) is 5.22. The van der Waals surface area contributed by atoms with Gasteiger partial charge in [-0.15, -0.1) is 0 Å². The second-order valence-corrected chi connectivity index (χ2v) is 6.69. The number of ether oxygens (including phenoxy) is 1. The van der Waals surface area contributed by atoms with Crippen LogP contribution in [0.4, 0.5) is 0 Å². The van der Waals surface area contributed by atoms with Gasteiger partial charge < -0.3 is 9.84 Å². The molecular formula is C21H25NO3. The number of aliphatic hydroxyl groups is 1. The van der Waals surface area contributed by atoms with Crippen molar-refractivity contribution in [3.63, 3.8) is 0 Å². The summed E-state index contributed by atoms with van der Waals surface area (Å²) in [7, 11) is 1.47. The topological polar surface area (TPSA) is 49.8 Å². The van der Waals surface area contributed by atoms with E-state index < -0.39 is 5.41 Å². The summed E-state index contributed by atoms with van der Waals surface area (Å²) in [6, 6.07) is 18.0. The summed E-state index contributed by atoms with van der Waals surface area (Å²) in [5, 5.41) is 9.14. The molecule has 1 heterocycles. The summed E-state index contributed by atoms with van der Waals surface area (Å²) in [6.07, 6.45) is 1.52. The van der Waals surface area contributed by atoms with Crippen LogP contribution in [0.2, 0.25) is 0 Å². The highest BCUT2D eigenvalue weighted by molar-refractivity contribution is 5.83. The molecule has 4 heteroatoms. The lowest BCUT2D eigenvalue weighted by Crippen LogP contribution is -2.47. The summed E-state index contributed by atoms with van der Waals surface area (Å²) in [5.41, 5.74) is 2.67. The lowest BCUT2D eigenvalue weighted by atomic mass is 9.72. The molecule has 25 heavy (non-hydrogen) atoms. The molecule has 132 valence electrons. The van der Waals surface area contributed by atoms with Gasteiger partial charge in [-0.05, 0) is 42.6 Å². The van der Waals surface area contributed by atoms with E-state index in [0.717, 1.165) is 43.6 Å². The van der Waals surface area contributed by atoms with Gasteiger partial charge in [-0.2, -0.15) is 0 Å². The Morgan fingerprint density at radius 3 is 2.20 bits per heavy atom. The minimum absolute atomic E-state index is 0.0721. The molecule has 1 aliphatic rings. The molecule has 0 saturated carbocycles. The third kappa shape index (κ3) is 3.75. The molecule has 1 N–H and O–H groups in total. The second-order valence-electron chi connectivity index (χ2n) is 6.69. The molecular weight excluding hydrogens is 314 g/mol. The maximum Gasteiger partial charge on any atom is 0.316 e. The van der Waals surface area contributed by atoms with Gasteiger partial charge in [-0.1, -0.05) is 54.6 Å². The number of carbonyl (C=O) groups excluding carboxylic acids is 1. The maximum absolute atomic E-state index is 12.6. The van der Waals surface area contributed by atoms with Gasteiger partial charge in [0.2, 0.25) is 0 Å². The zero-order chi connectivity index (χ0) is 17.7. The van der Waals surface area contributed by atoms with Crippen LogP contribution < -0.4 is 0 Å². The summed E-state index contributed by atoms with van der Waals surface area (Å²) in [5.74, 6) is -0.134. The fourth-order valence-corrected chi connectivity index (χ4v) is 3.66. The zero-order valence-electron chi connectivity index (χ0n) is 14.6. The van der Waals surface area contributed by atoms with Crippen molar-refractivity contribution in [3.05, 3.63) is 71.3 Å². The van der Waals surface area contributed by atoms with Gasteiger partial charge in [-0.3, -0.25) is 9.69 Å². The molecule has 1 fully saturated rings. The highest BCUT2D eigenvalue weighted by Gasteiger charge is 2.43. The molecule has 0 amide bonds. The average molecular weight is 339 g/mol. The Morgan fingerprint density at radius 2 is 1.64 bits per heavy atom. The SMILES string of the molecule is COC(=O)C1(c2ccccc2)CCN(Cc2ccc(CO)cc2)CC1. The Hall–Kier alpha value is -2.17. The van der Waals surface area contributed by atoms with E-state index in [-0.39, 0.29) is 12.6 Å². The first-order valence-electron chi connectivity index (χ1n) is 8.73. The van der Waals surface area contributed by atoms with Crippen molar-refractivity contribution in [3.8, 4) is 0 Å². The van der Waals surface area contributed by atoms with E-state index in [1.54, 1.807) is 0 Å². The van der Waals surface area contributed by atoms with Crippen molar-refractivity contribution in [2.24, 2.45) is 0 Å². The van der Waals surface area contributed by atoms with E-state index in [9.17, 15) is 4.79 Å². The van der Waals surface area contributed by atoms with Crippen LogP contribution in [0, 0.1) is 0 Å². The van der Waals surface area contributed by atoms with Crippen LogP contribution in [-0.4, -0.2) is 36.2 Å². The van der Waals surface area contributed by atoms with Crippen LogP contribution in [0.1, 0.15) is 29.5 Å². The molecule has 1 saturated heterocycles. The van der Waals surface area contributed by atoms with Crippen molar-refractivity contribution >= 4 is 5.97 Å². The van der Waals surface area contributed by atoms with Crippen molar-refractivity contribution in [1.82, 2.24) is 4.90 Å². The van der Waals surface area contributed by atoms with Crippen LogP contribution in [0.5, 0.6) is 0 Å². The smallest absolute Gasteiger partial charge is 0.316 e. The number of piperidine rings is 1. The average Bonchev–Trinajstić information content (AvgIpc) is 2.69. The van der Waals surface area contributed by atoms with Crippen LogP contribution in [0.3, 0.4) is 0 Å². The highest BCUT2D eigenvalue weighted by atomic mass is 16.5. The lowest BCUT2D eigenvalue weighted by Gasteiger charge is -2.40. The summed E-state index contributed by atoms with van der Waals surface area (Å²) < 4.78 is 5.15. The molecule has 3 rings (SSSR count).